The Morgan fingerprint density at radius 2 is 1.72 bits per heavy atom. The highest BCUT2D eigenvalue weighted by atomic mass is 35.5. The lowest BCUT2D eigenvalue weighted by Crippen LogP contribution is -2.33. The van der Waals surface area contributed by atoms with Gasteiger partial charge in [-0.15, -0.1) is 0 Å². The number of benzene rings is 2. The Hall–Kier alpha value is -2.04. The van der Waals surface area contributed by atoms with Crippen LogP contribution in [-0.2, 0) is 16.1 Å². The number of rotatable bonds is 7. The van der Waals surface area contributed by atoms with Crippen molar-refractivity contribution >= 4 is 35.1 Å². The topological polar surface area (TPSA) is 46.6 Å². The average molecular weight is 380 g/mol. The van der Waals surface area contributed by atoms with E-state index in [0.717, 1.165) is 5.56 Å². The minimum atomic E-state index is -0.337. The Labute approximate surface area is 157 Å². The van der Waals surface area contributed by atoms with Crippen molar-refractivity contribution in [3.63, 3.8) is 0 Å². The van der Waals surface area contributed by atoms with Gasteiger partial charge in [0.05, 0.1) is 23.6 Å². The summed E-state index contributed by atoms with van der Waals surface area (Å²) in [4.78, 5) is 26.1. The molecule has 1 amide bonds. The molecule has 0 heterocycles. The predicted octanol–water partition coefficient (Wildman–Crippen LogP) is 4.59. The summed E-state index contributed by atoms with van der Waals surface area (Å²) in [7, 11) is 0. The van der Waals surface area contributed by atoms with Crippen LogP contribution in [0.15, 0.2) is 48.5 Å². The molecule has 2 aromatic rings. The van der Waals surface area contributed by atoms with E-state index >= 15 is 0 Å². The first kappa shape index (κ1) is 19.3. The number of carbonyl (C=O) groups excluding carboxylic acids is 2. The van der Waals surface area contributed by atoms with Gasteiger partial charge in [0.2, 0.25) is 0 Å². The van der Waals surface area contributed by atoms with Gasteiger partial charge in [-0.3, -0.25) is 9.59 Å². The van der Waals surface area contributed by atoms with E-state index in [2.05, 4.69) is 0 Å². The largest absolute Gasteiger partial charge is 0.466 e. The van der Waals surface area contributed by atoms with Crippen LogP contribution in [-0.4, -0.2) is 29.9 Å². The second-order valence-corrected chi connectivity index (χ2v) is 6.23. The number of hydrogen-bond donors (Lipinski definition) is 0. The molecule has 6 heteroatoms. The van der Waals surface area contributed by atoms with Gasteiger partial charge in [0, 0.05) is 18.1 Å². The maximum Gasteiger partial charge on any atom is 0.307 e. The van der Waals surface area contributed by atoms with Gasteiger partial charge in [-0.25, -0.2) is 0 Å². The molecule has 0 fully saturated rings. The van der Waals surface area contributed by atoms with Gasteiger partial charge in [-0.05, 0) is 36.8 Å². The molecule has 0 N–H and O–H groups in total. The van der Waals surface area contributed by atoms with Crippen molar-refractivity contribution in [2.75, 3.05) is 13.2 Å². The molecule has 132 valence electrons. The van der Waals surface area contributed by atoms with Crippen molar-refractivity contribution in [3.8, 4) is 0 Å². The lowest BCUT2D eigenvalue weighted by atomic mass is 10.1. The van der Waals surface area contributed by atoms with Crippen LogP contribution in [0, 0.1) is 0 Å². The van der Waals surface area contributed by atoms with Crippen LogP contribution in [0.3, 0.4) is 0 Å². The molecule has 0 aliphatic carbocycles. The first-order valence-corrected chi connectivity index (χ1v) is 8.70. The average Bonchev–Trinajstić information content (AvgIpc) is 2.60. The fraction of sp³-hybridized carbons (Fsp3) is 0.263. The third-order valence-electron chi connectivity index (χ3n) is 3.57. The van der Waals surface area contributed by atoms with E-state index in [4.69, 9.17) is 27.9 Å². The van der Waals surface area contributed by atoms with Crippen molar-refractivity contribution in [1.82, 2.24) is 4.90 Å². The van der Waals surface area contributed by atoms with Crippen LogP contribution in [0.2, 0.25) is 10.0 Å². The van der Waals surface area contributed by atoms with Crippen LogP contribution in [0.1, 0.15) is 29.3 Å². The van der Waals surface area contributed by atoms with E-state index in [9.17, 15) is 9.59 Å². The number of nitrogens with zero attached hydrogens (tertiary/aromatic N) is 1. The van der Waals surface area contributed by atoms with Crippen LogP contribution in [0.5, 0.6) is 0 Å². The van der Waals surface area contributed by atoms with E-state index in [0.29, 0.717) is 28.8 Å². The molecule has 0 saturated carbocycles. The number of esters is 1. The summed E-state index contributed by atoms with van der Waals surface area (Å²) < 4.78 is 4.95. The minimum absolute atomic E-state index is 0.123. The lowest BCUT2D eigenvalue weighted by molar-refractivity contribution is -0.143. The molecule has 2 rings (SSSR count). The monoisotopic (exact) mass is 379 g/mol. The zero-order valence-electron chi connectivity index (χ0n) is 13.9. The summed E-state index contributed by atoms with van der Waals surface area (Å²) in [5.74, 6) is -0.569. The normalized spacial score (nSPS) is 10.4. The smallest absolute Gasteiger partial charge is 0.307 e. The summed E-state index contributed by atoms with van der Waals surface area (Å²) in [6, 6.07) is 14.1. The number of carbonyl (C=O) groups is 2. The fourth-order valence-corrected chi connectivity index (χ4v) is 2.67. The Bertz CT molecular complexity index is 732. The highest BCUT2D eigenvalue weighted by Crippen LogP contribution is 2.19. The van der Waals surface area contributed by atoms with Crippen molar-refractivity contribution in [2.24, 2.45) is 0 Å². The Morgan fingerprint density at radius 3 is 2.36 bits per heavy atom. The molecule has 0 unspecified atom stereocenters. The van der Waals surface area contributed by atoms with Gasteiger partial charge in [0.25, 0.3) is 5.91 Å². The quantitative estimate of drug-likeness (QED) is 0.660. The summed E-state index contributed by atoms with van der Waals surface area (Å²) in [6.45, 7) is 2.65. The van der Waals surface area contributed by atoms with Gasteiger partial charge < -0.3 is 9.64 Å². The van der Waals surface area contributed by atoms with Crippen molar-refractivity contribution in [2.45, 2.75) is 19.9 Å². The molecule has 0 saturated heterocycles. The fourth-order valence-electron chi connectivity index (χ4n) is 2.33. The third-order valence-corrected chi connectivity index (χ3v) is 4.15. The molecule has 0 aliphatic rings. The zero-order valence-corrected chi connectivity index (χ0v) is 15.4. The molecule has 0 spiro atoms. The highest BCUT2D eigenvalue weighted by Gasteiger charge is 2.19. The summed E-state index contributed by atoms with van der Waals surface area (Å²) in [5, 5.41) is 1.00. The molecule has 0 bridgehead atoms. The third kappa shape index (κ3) is 5.76. The van der Waals surface area contributed by atoms with Gasteiger partial charge in [0.15, 0.2) is 0 Å². The second kappa shape index (κ2) is 9.44. The number of halogens is 2. The van der Waals surface area contributed by atoms with Crippen molar-refractivity contribution in [1.29, 1.82) is 0 Å². The predicted molar refractivity (Wildman–Crippen MR) is 98.9 cm³/mol. The summed E-state index contributed by atoms with van der Waals surface area (Å²) in [5.41, 5.74) is 1.32. The number of amides is 1. The standard InChI is InChI=1S/C19H19Cl2NO3/c1-2-25-18(23)11-12-22(13-14-7-9-15(20)10-8-14)19(24)16-5-3-4-6-17(16)21/h3-10H,2,11-13H2,1H3. The molecule has 0 atom stereocenters. The lowest BCUT2D eigenvalue weighted by Gasteiger charge is -2.23. The maximum absolute atomic E-state index is 12.9. The molecule has 4 nitrogen and oxygen atoms in total. The molecular formula is C19H19Cl2NO3. The van der Waals surface area contributed by atoms with Crippen LogP contribution >= 0.6 is 23.2 Å². The first-order valence-electron chi connectivity index (χ1n) is 7.95. The molecule has 25 heavy (non-hydrogen) atoms. The Morgan fingerprint density at radius 1 is 1.04 bits per heavy atom. The zero-order chi connectivity index (χ0) is 18.2. The summed E-state index contributed by atoms with van der Waals surface area (Å²) in [6.07, 6.45) is 0.123. The van der Waals surface area contributed by atoms with Crippen LogP contribution in [0.4, 0.5) is 0 Å². The van der Waals surface area contributed by atoms with Crippen LogP contribution < -0.4 is 0 Å². The van der Waals surface area contributed by atoms with Gasteiger partial charge in [0.1, 0.15) is 0 Å². The van der Waals surface area contributed by atoms with E-state index < -0.39 is 0 Å². The molecular weight excluding hydrogens is 361 g/mol. The van der Waals surface area contributed by atoms with E-state index in [1.165, 1.54) is 0 Å². The van der Waals surface area contributed by atoms with E-state index in [-0.39, 0.29) is 24.8 Å². The summed E-state index contributed by atoms with van der Waals surface area (Å²) >= 11 is 12.0. The Kier molecular flexibility index (Phi) is 7.29. The first-order chi connectivity index (χ1) is 12.0. The number of ether oxygens (including phenoxy) is 1. The Balaban J connectivity index is 2.18. The number of hydrogen-bond acceptors (Lipinski definition) is 3. The maximum atomic E-state index is 12.9. The van der Waals surface area contributed by atoms with E-state index in [1.807, 2.05) is 12.1 Å². The van der Waals surface area contributed by atoms with Crippen LogP contribution in [0.25, 0.3) is 0 Å². The highest BCUT2D eigenvalue weighted by molar-refractivity contribution is 6.33. The second-order valence-electron chi connectivity index (χ2n) is 5.39. The molecule has 0 aliphatic heterocycles. The minimum Gasteiger partial charge on any atom is -0.466 e. The molecule has 0 aromatic heterocycles. The molecule has 0 radical (unpaired) electrons. The van der Waals surface area contributed by atoms with Gasteiger partial charge in [-0.1, -0.05) is 47.5 Å². The van der Waals surface area contributed by atoms with Gasteiger partial charge >= 0.3 is 5.97 Å². The van der Waals surface area contributed by atoms with E-state index in [1.54, 1.807) is 48.2 Å². The van der Waals surface area contributed by atoms with Gasteiger partial charge in [-0.2, -0.15) is 0 Å². The van der Waals surface area contributed by atoms with Crippen molar-refractivity contribution in [3.05, 3.63) is 69.7 Å². The SMILES string of the molecule is CCOC(=O)CCN(Cc1ccc(Cl)cc1)C(=O)c1ccccc1Cl. The molecule has 2 aromatic carbocycles. The van der Waals surface area contributed by atoms with Crippen molar-refractivity contribution < 1.29 is 14.3 Å².